The van der Waals surface area contributed by atoms with Crippen molar-refractivity contribution in [1.29, 1.82) is 0 Å². The molecule has 0 saturated heterocycles. The number of carbonyl (C=O) groups is 2. The van der Waals surface area contributed by atoms with Crippen LogP contribution in [0.1, 0.15) is 27.6 Å². The molecule has 0 spiro atoms. The lowest BCUT2D eigenvalue weighted by Gasteiger charge is -2.10. The standard InChI is InChI=1S/C25H20N2O4S2/c1-17(28)20-8-5-9-22(14-20)27-33(30,31)23-12-10-19(11-13-23)25(29)26-24-15-21(16-32-24)18-6-3-2-4-7-18/h2-16,27H,1H3,(H,26,29). The van der Waals surface area contributed by atoms with Gasteiger partial charge in [-0.15, -0.1) is 11.3 Å². The number of carbonyl (C=O) groups excluding carboxylic acids is 2. The molecule has 0 atom stereocenters. The minimum atomic E-state index is -3.88. The van der Waals surface area contributed by atoms with Crippen LogP contribution in [0.2, 0.25) is 0 Å². The van der Waals surface area contributed by atoms with Crippen molar-refractivity contribution in [2.24, 2.45) is 0 Å². The fourth-order valence-electron chi connectivity index (χ4n) is 3.17. The number of thiophene rings is 1. The summed E-state index contributed by atoms with van der Waals surface area (Å²) in [5, 5.41) is 5.51. The van der Waals surface area contributed by atoms with Crippen LogP contribution in [-0.4, -0.2) is 20.1 Å². The Balaban J connectivity index is 1.45. The van der Waals surface area contributed by atoms with Gasteiger partial charge >= 0.3 is 0 Å². The smallest absolute Gasteiger partial charge is 0.261 e. The van der Waals surface area contributed by atoms with E-state index in [1.165, 1.54) is 48.6 Å². The topological polar surface area (TPSA) is 92.3 Å². The van der Waals surface area contributed by atoms with E-state index in [2.05, 4.69) is 10.0 Å². The number of amides is 1. The number of ketones is 1. The van der Waals surface area contributed by atoms with Crippen LogP contribution in [0.3, 0.4) is 0 Å². The van der Waals surface area contributed by atoms with Gasteiger partial charge in [0.2, 0.25) is 0 Å². The molecule has 0 saturated carbocycles. The van der Waals surface area contributed by atoms with Crippen LogP contribution in [0.4, 0.5) is 10.7 Å². The number of rotatable bonds is 7. The van der Waals surface area contributed by atoms with Gasteiger partial charge in [0.25, 0.3) is 15.9 Å². The molecule has 2 N–H and O–H groups in total. The highest BCUT2D eigenvalue weighted by atomic mass is 32.2. The maximum atomic E-state index is 12.7. The van der Waals surface area contributed by atoms with Crippen LogP contribution in [0.15, 0.2) is 95.2 Å². The third kappa shape index (κ3) is 5.36. The molecular formula is C25H20N2O4S2. The highest BCUT2D eigenvalue weighted by molar-refractivity contribution is 7.92. The zero-order chi connectivity index (χ0) is 23.4. The average Bonchev–Trinajstić information content (AvgIpc) is 3.28. The summed E-state index contributed by atoms with van der Waals surface area (Å²) in [6.07, 6.45) is 0. The first-order valence-corrected chi connectivity index (χ1v) is 12.4. The molecule has 0 radical (unpaired) electrons. The van der Waals surface area contributed by atoms with Gasteiger partial charge in [-0.2, -0.15) is 0 Å². The predicted octanol–water partition coefficient (Wildman–Crippen LogP) is 5.67. The third-order valence-corrected chi connectivity index (χ3v) is 7.13. The SMILES string of the molecule is CC(=O)c1cccc(NS(=O)(=O)c2ccc(C(=O)Nc3cc(-c4ccccc4)cs3)cc2)c1. The average molecular weight is 477 g/mol. The summed E-state index contributed by atoms with van der Waals surface area (Å²) in [4.78, 5) is 24.1. The van der Waals surface area contributed by atoms with E-state index in [1.807, 2.05) is 41.8 Å². The zero-order valence-electron chi connectivity index (χ0n) is 17.6. The number of sulfonamides is 1. The van der Waals surface area contributed by atoms with Crippen molar-refractivity contribution < 1.29 is 18.0 Å². The van der Waals surface area contributed by atoms with Gasteiger partial charge in [0.15, 0.2) is 5.78 Å². The Morgan fingerprint density at radius 2 is 1.52 bits per heavy atom. The predicted molar refractivity (Wildman–Crippen MR) is 131 cm³/mol. The van der Waals surface area contributed by atoms with Gasteiger partial charge in [-0.1, -0.05) is 42.5 Å². The normalized spacial score (nSPS) is 11.1. The summed E-state index contributed by atoms with van der Waals surface area (Å²) < 4.78 is 27.9. The number of hydrogen-bond donors (Lipinski definition) is 2. The second kappa shape index (κ2) is 9.40. The van der Waals surface area contributed by atoms with E-state index in [4.69, 9.17) is 0 Å². The Bertz CT molecular complexity index is 1410. The van der Waals surface area contributed by atoms with Crippen molar-refractivity contribution in [3.63, 3.8) is 0 Å². The second-order valence-corrected chi connectivity index (χ2v) is 9.88. The first kappa shape index (κ1) is 22.4. The molecule has 0 unspecified atom stereocenters. The first-order chi connectivity index (χ1) is 15.8. The van der Waals surface area contributed by atoms with Gasteiger partial charge < -0.3 is 5.32 Å². The monoisotopic (exact) mass is 476 g/mol. The third-order valence-electron chi connectivity index (χ3n) is 4.89. The van der Waals surface area contributed by atoms with Crippen molar-refractivity contribution in [3.8, 4) is 11.1 Å². The summed E-state index contributed by atoms with van der Waals surface area (Å²) >= 11 is 1.42. The van der Waals surface area contributed by atoms with Crippen LogP contribution in [0, 0.1) is 0 Å². The molecular weight excluding hydrogens is 456 g/mol. The van der Waals surface area contributed by atoms with Crippen molar-refractivity contribution in [2.45, 2.75) is 11.8 Å². The van der Waals surface area contributed by atoms with Crippen LogP contribution in [0.25, 0.3) is 11.1 Å². The maximum Gasteiger partial charge on any atom is 0.261 e. The summed E-state index contributed by atoms with van der Waals surface area (Å²) in [5.74, 6) is -0.490. The van der Waals surface area contributed by atoms with Crippen LogP contribution >= 0.6 is 11.3 Å². The fraction of sp³-hybridized carbons (Fsp3) is 0.0400. The van der Waals surface area contributed by atoms with Gasteiger partial charge in [0.05, 0.1) is 9.90 Å². The molecule has 6 nitrogen and oxygen atoms in total. The first-order valence-electron chi connectivity index (χ1n) is 10.0. The summed E-state index contributed by atoms with van der Waals surface area (Å²) in [6, 6.07) is 23.7. The number of Topliss-reactive ketones (excluding diaryl/α,β-unsaturated/α-hetero) is 1. The van der Waals surface area contributed by atoms with Crippen molar-refractivity contribution >= 4 is 43.7 Å². The van der Waals surface area contributed by atoms with Gasteiger partial charge in [0, 0.05) is 22.2 Å². The van der Waals surface area contributed by atoms with Gasteiger partial charge in [-0.25, -0.2) is 8.42 Å². The molecule has 1 heterocycles. The molecule has 8 heteroatoms. The fourth-order valence-corrected chi connectivity index (χ4v) is 5.02. The summed E-state index contributed by atoms with van der Waals surface area (Å²) in [7, 11) is -3.88. The van der Waals surface area contributed by atoms with Crippen molar-refractivity contribution in [2.75, 3.05) is 10.0 Å². The van der Waals surface area contributed by atoms with E-state index in [0.717, 1.165) is 11.1 Å². The molecule has 0 fully saturated rings. The Hall–Kier alpha value is -3.75. The Morgan fingerprint density at radius 1 is 0.788 bits per heavy atom. The lowest BCUT2D eigenvalue weighted by Crippen LogP contribution is -2.14. The van der Waals surface area contributed by atoms with Crippen molar-refractivity contribution in [3.05, 3.63) is 101 Å². The lowest BCUT2D eigenvalue weighted by atomic mass is 10.1. The van der Waals surface area contributed by atoms with Crippen LogP contribution in [-0.2, 0) is 10.0 Å². The Kier molecular flexibility index (Phi) is 6.39. The molecule has 4 rings (SSSR count). The largest absolute Gasteiger partial charge is 0.314 e. The number of benzene rings is 3. The molecule has 0 bridgehead atoms. The van der Waals surface area contributed by atoms with Crippen LogP contribution < -0.4 is 10.0 Å². The highest BCUT2D eigenvalue weighted by Crippen LogP contribution is 2.29. The minimum absolute atomic E-state index is 0.00904. The number of anilines is 2. The van der Waals surface area contributed by atoms with E-state index >= 15 is 0 Å². The molecule has 0 aliphatic rings. The number of hydrogen-bond acceptors (Lipinski definition) is 5. The Labute approximate surface area is 196 Å². The number of nitrogens with one attached hydrogen (secondary N) is 2. The lowest BCUT2D eigenvalue weighted by molar-refractivity contribution is 0.101. The van der Waals surface area contributed by atoms with E-state index in [0.29, 0.717) is 16.1 Å². The Morgan fingerprint density at radius 3 is 2.21 bits per heavy atom. The van der Waals surface area contributed by atoms with E-state index in [-0.39, 0.29) is 22.3 Å². The minimum Gasteiger partial charge on any atom is -0.314 e. The molecule has 4 aromatic rings. The van der Waals surface area contributed by atoms with Gasteiger partial charge in [-0.3, -0.25) is 14.3 Å². The van der Waals surface area contributed by atoms with Crippen LogP contribution in [0.5, 0.6) is 0 Å². The summed E-state index contributed by atoms with van der Waals surface area (Å²) in [6.45, 7) is 1.41. The van der Waals surface area contributed by atoms with E-state index in [1.54, 1.807) is 18.2 Å². The highest BCUT2D eigenvalue weighted by Gasteiger charge is 2.16. The van der Waals surface area contributed by atoms with Gasteiger partial charge in [-0.05, 0) is 60.5 Å². The molecule has 0 aliphatic carbocycles. The van der Waals surface area contributed by atoms with Crippen molar-refractivity contribution in [1.82, 2.24) is 0 Å². The van der Waals surface area contributed by atoms with E-state index in [9.17, 15) is 18.0 Å². The molecule has 0 aliphatic heterocycles. The summed E-state index contributed by atoms with van der Waals surface area (Å²) in [5.41, 5.74) is 3.10. The zero-order valence-corrected chi connectivity index (χ0v) is 19.2. The molecule has 1 aromatic heterocycles. The quantitative estimate of drug-likeness (QED) is 0.336. The second-order valence-electron chi connectivity index (χ2n) is 7.29. The van der Waals surface area contributed by atoms with E-state index < -0.39 is 10.0 Å². The maximum absolute atomic E-state index is 12.7. The molecule has 3 aromatic carbocycles. The molecule has 1 amide bonds. The van der Waals surface area contributed by atoms with Gasteiger partial charge in [0.1, 0.15) is 0 Å². The molecule has 166 valence electrons. The molecule has 33 heavy (non-hydrogen) atoms.